The van der Waals surface area contributed by atoms with Crippen LogP contribution in [0.1, 0.15) is 15.9 Å². The smallest absolute Gasteiger partial charge is 0.258 e. The van der Waals surface area contributed by atoms with E-state index in [-0.39, 0.29) is 10.7 Å². The van der Waals surface area contributed by atoms with E-state index in [0.29, 0.717) is 18.7 Å². The van der Waals surface area contributed by atoms with Crippen molar-refractivity contribution in [3.8, 4) is 0 Å². The minimum atomic E-state index is -0.614. The first-order valence-electron chi connectivity index (χ1n) is 6.31. The van der Waals surface area contributed by atoms with Gasteiger partial charge in [0.2, 0.25) is 0 Å². The molecular weight excluding hydrogens is 295 g/mol. The summed E-state index contributed by atoms with van der Waals surface area (Å²) in [5, 5.41) is 2.68. The quantitative estimate of drug-likeness (QED) is 0.862. The van der Waals surface area contributed by atoms with Crippen LogP contribution in [-0.2, 0) is 11.2 Å². The van der Waals surface area contributed by atoms with Crippen molar-refractivity contribution in [2.45, 2.75) is 6.42 Å². The molecule has 1 N–H and O–H groups in total. The highest BCUT2D eigenvalue weighted by Crippen LogP contribution is 2.19. The Morgan fingerprint density at radius 3 is 2.95 bits per heavy atom. The molecule has 1 aromatic carbocycles. The van der Waals surface area contributed by atoms with Crippen molar-refractivity contribution in [3.05, 3.63) is 58.6 Å². The molecule has 1 amide bonds. The first kappa shape index (κ1) is 15.4. The molecule has 0 unspecified atom stereocenters. The Kier molecular flexibility index (Phi) is 5.25. The van der Waals surface area contributed by atoms with Crippen LogP contribution in [0.2, 0.25) is 5.15 Å². The largest absolute Gasteiger partial charge is 0.384 e. The van der Waals surface area contributed by atoms with Crippen molar-refractivity contribution in [2.24, 2.45) is 0 Å². The maximum absolute atomic E-state index is 13.2. The maximum atomic E-state index is 13.2. The number of ether oxygens (including phenoxy) is 1. The van der Waals surface area contributed by atoms with E-state index >= 15 is 0 Å². The van der Waals surface area contributed by atoms with Gasteiger partial charge in [-0.1, -0.05) is 29.8 Å². The molecule has 0 aliphatic carbocycles. The summed E-state index contributed by atoms with van der Waals surface area (Å²) in [6, 6.07) is 8.39. The average molecular weight is 309 g/mol. The first-order valence-corrected chi connectivity index (χ1v) is 6.69. The van der Waals surface area contributed by atoms with Crippen molar-refractivity contribution in [3.63, 3.8) is 0 Å². The normalized spacial score (nSPS) is 10.4. The topological polar surface area (TPSA) is 51.2 Å². The second-order valence-electron chi connectivity index (χ2n) is 4.35. The number of hydrogen-bond acceptors (Lipinski definition) is 3. The Morgan fingerprint density at radius 2 is 2.19 bits per heavy atom. The lowest BCUT2D eigenvalue weighted by Gasteiger charge is -2.11. The van der Waals surface area contributed by atoms with Crippen molar-refractivity contribution < 1.29 is 13.9 Å². The highest BCUT2D eigenvalue weighted by Gasteiger charge is 2.14. The number of hydrogen-bond donors (Lipinski definition) is 1. The van der Waals surface area contributed by atoms with Crippen LogP contribution in [0, 0.1) is 5.82 Å². The number of carbonyl (C=O) groups excluding carboxylic acids is 1. The van der Waals surface area contributed by atoms with Gasteiger partial charge in [-0.15, -0.1) is 0 Å². The molecule has 21 heavy (non-hydrogen) atoms. The monoisotopic (exact) mass is 308 g/mol. The van der Waals surface area contributed by atoms with Crippen LogP contribution in [0.3, 0.4) is 0 Å². The Morgan fingerprint density at radius 1 is 1.43 bits per heavy atom. The van der Waals surface area contributed by atoms with E-state index in [1.807, 2.05) is 12.1 Å². The molecule has 0 spiro atoms. The van der Waals surface area contributed by atoms with Crippen LogP contribution in [-0.4, -0.2) is 24.6 Å². The Hall–Kier alpha value is -1.98. The van der Waals surface area contributed by atoms with E-state index in [1.54, 1.807) is 19.2 Å². The average Bonchev–Trinajstić information content (AvgIpc) is 2.48. The Bertz CT molecular complexity index is 649. The van der Waals surface area contributed by atoms with Gasteiger partial charge in [0.15, 0.2) is 0 Å². The van der Waals surface area contributed by atoms with E-state index < -0.39 is 11.7 Å². The lowest BCUT2D eigenvalue weighted by molar-refractivity contribution is 0.102. The van der Waals surface area contributed by atoms with Crippen LogP contribution in [0.15, 0.2) is 36.5 Å². The zero-order chi connectivity index (χ0) is 15.2. The number of aromatic nitrogens is 1. The van der Waals surface area contributed by atoms with Gasteiger partial charge in [0.1, 0.15) is 11.0 Å². The summed E-state index contributed by atoms with van der Waals surface area (Å²) in [4.78, 5) is 15.8. The number of amides is 1. The second kappa shape index (κ2) is 7.15. The molecule has 1 heterocycles. The first-order chi connectivity index (χ1) is 10.1. The Balaban J connectivity index is 2.21. The van der Waals surface area contributed by atoms with Crippen molar-refractivity contribution in [2.75, 3.05) is 19.0 Å². The van der Waals surface area contributed by atoms with Crippen molar-refractivity contribution >= 4 is 23.2 Å². The van der Waals surface area contributed by atoms with Crippen LogP contribution in [0.25, 0.3) is 0 Å². The number of para-hydroxylation sites is 1. The van der Waals surface area contributed by atoms with Gasteiger partial charge in [0.05, 0.1) is 18.4 Å². The van der Waals surface area contributed by atoms with Crippen LogP contribution >= 0.6 is 11.6 Å². The molecule has 0 bridgehead atoms. The SMILES string of the molecule is COCCc1ccccc1NC(=O)c1cc(F)cnc1Cl. The fourth-order valence-electron chi connectivity index (χ4n) is 1.84. The summed E-state index contributed by atoms with van der Waals surface area (Å²) in [5.41, 5.74) is 1.56. The molecule has 4 nitrogen and oxygen atoms in total. The van der Waals surface area contributed by atoms with Crippen molar-refractivity contribution in [1.29, 1.82) is 0 Å². The fourth-order valence-corrected chi connectivity index (χ4v) is 2.03. The molecule has 2 rings (SSSR count). The van der Waals surface area contributed by atoms with E-state index in [2.05, 4.69) is 10.3 Å². The number of benzene rings is 1. The lowest BCUT2D eigenvalue weighted by atomic mass is 10.1. The van der Waals surface area contributed by atoms with Crippen molar-refractivity contribution in [1.82, 2.24) is 4.98 Å². The molecule has 0 saturated heterocycles. The van der Waals surface area contributed by atoms with Gasteiger partial charge in [-0.05, 0) is 24.1 Å². The minimum Gasteiger partial charge on any atom is -0.384 e. The zero-order valence-corrected chi connectivity index (χ0v) is 12.2. The number of pyridine rings is 1. The third-order valence-electron chi connectivity index (χ3n) is 2.89. The molecule has 0 fully saturated rings. The summed E-state index contributed by atoms with van der Waals surface area (Å²) in [5.74, 6) is -1.12. The van der Waals surface area contributed by atoms with Gasteiger partial charge in [0, 0.05) is 12.8 Å². The highest BCUT2D eigenvalue weighted by atomic mass is 35.5. The molecular formula is C15H14ClFN2O2. The summed E-state index contributed by atoms with van der Waals surface area (Å²) in [7, 11) is 1.61. The Labute approximate surface area is 126 Å². The lowest BCUT2D eigenvalue weighted by Crippen LogP contribution is -2.15. The molecule has 1 aromatic heterocycles. The summed E-state index contributed by atoms with van der Waals surface area (Å²) in [6.45, 7) is 0.537. The number of carbonyl (C=O) groups is 1. The van der Waals surface area contributed by atoms with Gasteiger partial charge < -0.3 is 10.1 Å². The van der Waals surface area contributed by atoms with E-state index in [0.717, 1.165) is 17.8 Å². The third-order valence-corrected chi connectivity index (χ3v) is 3.19. The minimum absolute atomic E-state index is 0.00166. The van der Waals surface area contributed by atoms with E-state index in [4.69, 9.17) is 16.3 Å². The number of nitrogens with one attached hydrogen (secondary N) is 1. The highest BCUT2D eigenvalue weighted by molar-refractivity contribution is 6.33. The molecule has 6 heteroatoms. The number of nitrogens with zero attached hydrogens (tertiary/aromatic N) is 1. The number of rotatable bonds is 5. The standard InChI is InChI=1S/C15H14ClFN2O2/c1-21-7-6-10-4-2-3-5-13(10)19-15(20)12-8-11(17)9-18-14(12)16/h2-5,8-9H,6-7H2,1H3,(H,19,20). The molecule has 0 aliphatic rings. The van der Waals surface area contributed by atoms with Gasteiger partial charge in [0.25, 0.3) is 5.91 Å². The van der Waals surface area contributed by atoms with Gasteiger partial charge in [-0.3, -0.25) is 4.79 Å². The third kappa shape index (κ3) is 4.00. The van der Waals surface area contributed by atoms with E-state index in [1.165, 1.54) is 0 Å². The van der Waals surface area contributed by atoms with Crippen LogP contribution < -0.4 is 5.32 Å². The molecule has 0 aliphatic heterocycles. The summed E-state index contributed by atoms with van der Waals surface area (Å²) in [6.07, 6.45) is 1.62. The van der Waals surface area contributed by atoms with Crippen LogP contribution in [0.5, 0.6) is 0 Å². The van der Waals surface area contributed by atoms with E-state index in [9.17, 15) is 9.18 Å². The maximum Gasteiger partial charge on any atom is 0.258 e. The van der Waals surface area contributed by atoms with Gasteiger partial charge in [-0.2, -0.15) is 0 Å². The number of halogens is 2. The molecule has 110 valence electrons. The molecule has 0 saturated carbocycles. The van der Waals surface area contributed by atoms with Gasteiger partial charge in [-0.25, -0.2) is 9.37 Å². The second-order valence-corrected chi connectivity index (χ2v) is 4.70. The number of anilines is 1. The summed E-state index contributed by atoms with van der Waals surface area (Å²) < 4.78 is 18.2. The van der Waals surface area contributed by atoms with Crippen LogP contribution in [0.4, 0.5) is 10.1 Å². The summed E-state index contributed by atoms with van der Waals surface area (Å²) >= 11 is 5.82. The zero-order valence-electron chi connectivity index (χ0n) is 11.4. The molecule has 0 atom stereocenters. The van der Waals surface area contributed by atoms with Gasteiger partial charge >= 0.3 is 0 Å². The molecule has 2 aromatic rings. The fraction of sp³-hybridized carbons (Fsp3) is 0.200. The molecule has 0 radical (unpaired) electrons. The predicted molar refractivity (Wildman–Crippen MR) is 79.2 cm³/mol. The number of methoxy groups -OCH3 is 1. The predicted octanol–water partition coefficient (Wildman–Crippen LogP) is 3.32.